The maximum atomic E-state index is 12.8. The lowest BCUT2D eigenvalue weighted by atomic mass is 10.1. The first-order chi connectivity index (χ1) is 13.6. The fraction of sp³-hybridized carbons (Fsp3) is 0.350. The summed E-state index contributed by atoms with van der Waals surface area (Å²) in [6.07, 6.45) is 3.06. The number of nitrogens with zero attached hydrogens (tertiary/aromatic N) is 2. The summed E-state index contributed by atoms with van der Waals surface area (Å²) in [7, 11) is 0. The Morgan fingerprint density at radius 2 is 2.14 bits per heavy atom. The molecule has 1 atom stereocenters. The van der Waals surface area contributed by atoms with Gasteiger partial charge in [0.05, 0.1) is 11.5 Å². The van der Waals surface area contributed by atoms with Crippen LogP contribution in [0.25, 0.3) is 0 Å². The zero-order valence-corrected chi connectivity index (χ0v) is 15.8. The highest BCUT2D eigenvalue weighted by atomic mass is 32.1. The third-order valence-electron chi connectivity index (χ3n) is 5.43. The van der Waals surface area contributed by atoms with E-state index >= 15 is 0 Å². The minimum Gasteiger partial charge on any atom is -0.454 e. The number of thiophene rings is 1. The van der Waals surface area contributed by atoms with Gasteiger partial charge in [-0.2, -0.15) is 5.26 Å². The molecule has 142 valence electrons. The average Bonchev–Trinajstić information content (AvgIpc) is 3.44. The third kappa shape index (κ3) is 2.70. The first-order valence-electron chi connectivity index (χ1n) is 9.19. The quantitative estimate of drug-likeness (QED) is 0.863. The molecule has 1 aromatic heterocycles. The lowest BCUT2D eigenvalue weighted by Crippen LogP contribution is -2.28. The fourth-order valence-corrected chi connectivity index (χ4v) is 5.25. The van der Waals surface area contributed by atoms with Gasteiger partial charge in [0.1, 0.15) is 11.1 Å². The normalized spacial score (nSPS) is 19.6. The van der Waals surface area contributed by atoms with Crippen molar-refractivity contribution in [1.82, 2.24) is 0 Å². The van der Waals surface area contributed by atoms with E-state index in [1.54, 1.807) is 23.1 Å². The van der Waals surface area contributed by atoms with E-state index in [1.165, 1.54) is 16.2 Å². The molecule has 0 unspecified atom stereocenters. The van der Waals surface area contributed by atoms with Crippen LogP contribution in [-0.4, -0.2) is 25.2 Å². The third-order valence-corrected chi connectivity index (χ3v) is 6.64. The van der Waals surface area contributed by atoms with Gasteiger partial charge in [0.2, 0.25) is 18.6 Å². The van der Waals surface area contributed by atoms with Gasteiger partial charge in [0, 0.05) is 29.6 Å². The highest BCUT2D eigenvalue weighted by molar-refractivity contribution is 7.16. The second kappa shape index (κ2) is 6.53. The first-order valence-corrected chi connectivity index (χ1v) is 10.0. The highest BCUT2D eigenvalue weighted by Crippen LogP contribution is 2.40. The van der Waals surface area contributed by atoms with Crippen molar-refractivity contribution < 1.29 is 19.1 Å². The molecule has 1 aliphatic carbocycles. The van der Waals surface area contributed by atoms with Crippen LogP contribution >= 0.6 is 11.3 Å². The van der Waals surface area contributed by atoms with Crippen LogP contribution in [0.3, 0.4) is 0 Å². The van der Waals surface area contributed by atoms with Gasteiger partial charge in [0.15, 0.2) is 11.5 Å². The number of fused-ring (bicyclic) bond motifs is 2. The van der Waals surface area contributed by atoms with Crippen molar-refractivity contribution in [2.24, 2.45) is 5.92 Å². The van der Waals surface area contributed by atoms with Gasteiger partial charge in [0.25, 0.3) is 0 Å². The Morgan fingerprint density at radius 1 is 1.29 bits per heavy atom. The van der Waals surface area contributed by atoms with Crippen LogP contribution in [0.2, 0.25) is 0 Å². The van der Waals surface area contributed by atoms with Crippen molar-refractivity contribution in [3.05, 3.63) is 34.2 Å². The number of hydrogen-bond acceptors (Lipinski definition) is 6. The number of ether oxygens (including phenoxy) is 2. The molecule has 8 heteroatoms. The van der Waals surface area contributed by atoms with Crippen LogP contribution in [0, 0.1) is 17.2 Å². The molecule has 0 spiro atoms. The summed E-state index contributed by atoms with van der Waals surface area (Å²) >= 11 is 1.49. The smallest absolute Gasteiger partial charge is 0.231 e. The van der Waals surface area contributed by atoms with Crippen LogP contribution in [0.1, 0.15) is 28.8 Å². The lowest BCUT2D eigenvalue weighted by molar-refractivity contribution is -0.122. The van der Waals surface area contributed by atoms with Gasteiger partial charge in [-0.1, -0.05) is 0 Å². The Hall–Kier alpha value is -3.05. The highest BCUT2D eigenvalue weighted by Gasteiger charge is 2.36. The van der Waals surface area contributed by atoms with Gasteiger partial charge >= 0.3 is 0 Å². The monoisotopic (exact) mass is 395 g/mol. The second-order valence-corrected chi connectivity index (χ2v) is 8.21. The Morgan fingerprint density at radius 3 is 3.00 bits per heavy atom. The van der Waals surface area contributed by atoms with E-state index < -0.39 is 5.92 Å². The van der Waals surface area contributed by atoms with Crippen LogP contribution in [0.4, 0.5) is 10.7 Å². The number of hydrogen-bond donors (Lipinski definition) is 1. The molecule has 1 fully saturated rings. The Bertz CT molecular complexity index is 1040. The average molecular weight is 395 g/mol. The van der Waals surface area contributed by atoms with Crippen LogP contribution in [-0.2, 0) is 22.4 Å². The largest absolute Gasteiger partial charge is 0.454 e. The van der Waals surface area contributed by atoms with E-state index in [2.05, 4.69) is 11.4 Å². The molecular weight excluding hydrogens is 378 g/mol. The molecule has 2 aliphatic heterocycles. The van der Waals surface area contributed by atoms with E-state index in [0.717, 1.165) is 24.8 Å². The van der Waals surface area contributed by atoms with Gasteiger partial charge in [-0.25, -0.2) is 0 Å². The molecule has 2 amide bonds. The van der Waals surface area contributed by atoms with E-state index in [4.69, 9.17) is 9.47 Å². The van der Waals surface area contributed by atoms with Crippen molar-refractivity contribution in [3.8, 4) is 17.6 Å². The maximum Gasteiger partial charge on any atom is 0.231 e. The van der Waals surface area contributed by atoms with E-state index in [-0.39, 0.29) is 25.0 Å². The van der Waals surface area contributed by atoms with Gasteiger partial charge in [-0.05, 0) is 37.0 Å². The summed E-state index contributed by atoms with van der Waals surface area (Å²) in [6.45, 7) is 0.473. The van der Waals surface area contributed by atoms with E-state index in [9.17, 15) is 14.9 Å². The number of nitrogens with one attached hydrogen (secondary N) is 1. The molecular formula is C20H17N3O4S. The summed E-state index contributed by atoms with van der Waals surface area (Å²) in [5.74, 6) is 0.479. The Labute approximate surface area is 165 Å². The molecule has 1 N–H and O–H groups in total. The molecule has 0 bridgehead atoms. The molecule has 3 heterocycles. The molecule has 2 aromatic rings. The van der Waals surface area contributed by atoms with Gasteiger partial charge in [-0.15, -0.1) is 11.3 Å². The number of benzene rings is 1. The Kier molecular flexibility index (Phi) is 3.98. The number of amides is 2. The van der Waals surface area contributed by atoms with Crippen LogP contribution in [0.5, 0.6) is 11.5 Å². The maximum absolute atomic E-state index is 12.8. The molecule has 0 radical (unpaired) electrons. The number of carbonyl (C=O) groups excluding carboxylic acids is 2. The predicted octanol–water partition coefficient (Wildman–Crippen LogP) is 2.83. The van der Waals surface area contributed by atoms with Crippen LogP contribution < -0.4 is 19.7 Å². The van der Waals surface area contributed by atoms with Crippen LogP contribution in [0.15, 0.2) is 18.2 Å². The number of anilines is 2. The topological polar surface area (TPSA) is 91.7 Å². The number of rotatable bonds is 3. The molecule has 1 aromatic carbocycles. The molecule has 5 rings (SSSR count). The summed E-state index contributed by atoms with van der Waals surface area (Å²) in [6, 6.07) is 7.56. The molecule has 7 nitrogen and oxygen atoms in total. The predicted molar refractivity (Wildman–Crippen MR) is 103 cm³/mol. The number of carbonyl (C=O) groups is 2. The van der Waals surface area contributed by atoms with Crippen molar-refractivity contribution in [3.63, 3.8) is 0 Å². The summed E-state index contributed by atoms with van der Waals surface area (Å²) in [5.41, 5.74) is 2.35. The molecule has 3 aliphatic rings. The Balaban J connectivity index is 1.32. The zero-order valence-electron chi connectivity index (χ0n) is 15.0. The summed E-state index contributed by atoms with van der Waals surface area (Å²) in [5, 5.41) is 13.0. The number of aryl methyl sites for hydroxylation is 1. The van der Waals surface area contributed by atoms with Gasteiger partial charge < -0.3 is 19.7 Å². The minimum absolute atomic E-state index is 0.104. The lowest BCUT2D eigenvalue weighted by Gasteiger charge is -2.17. The second-order valence-electron chi connectivity index (χ2n) is 7.11. The molecule has 0 saturated carbocycles. The first kappa shape index (κ1) is 17.1. The SMILES string of the molecule is N#Cc1c(NC(=O)[C@H]2CC(=O)N(c3ccc4c(c3)OCO4)C2)sc2c1CCC2. The zero-order chi connectivity index (χ0) is 19.3. The van der Waals surface area contributed by atoms with Crippen molar-refractivity contribution in [2.75, 3.05) is 23.6 Å². The van der Waals surface area contributed by atoms with Crippen molar-refractivity contribution >= 4 is 33.8 Å². The van der Waals surface area contributed by atoms with Crippen molar-refractivity contribution in [1.29, 1.82) is 5.26 Å². The minimum atomic E-state index is -0.457. The fourth-order valence-electron chi connectivity index (χ4n) is 4.01. The summed E-state index contributed by atoms with van der Waals surface area (Å²) in [4.78, 5) is 28.1. The van der Waals surface area contributed by atoms with E-state index in [0.29, 0.717) is 34.3 Å². The van der Waals surface area contributed by atoms with E-state index in [1.807, 2.05) is 0 Å². The molecule has 1 saturated heterocycles. The molecule has 28 heavy (non-hydrogen) atoms. The van der Waals surface area contributed by atoms with Gasteiger partial charge in [-0.3, -0.25) is 9.59 Å². The standard InChI is InChI=1S/C20H17N3O4S/c21-8-14-13-2-1-3-17(13)28-20(14)22-19(25)11-6-18(24)23(9-11)12-4-5-15-16(7-12)27-10-26-15/h4-5,7,11H,1-3,6,9-10H2,(H,22,25)/t11-/m0/s1. The van der Waals surface area contributed by atoms with Crippen molar-refractivity contribution in [2.45, 2.75) is 25.7 Å². The number of nitriles is 1. The summed E-state index contributed by atoms with van der Waals surface area (Å²) < 4.78 is 10.7.